The number of aromatic nitrogens is 5. The molecule has 2 aliphatic rings. The van der Waals surface area contributed by atoms with E-state index in [2.05, 4.69) is 24.9 Å². The van der Waals surface area contributed by atoms with Gasteiger partial charge >= 0.3 is 6.09 Å². The lowest BCUT2D eigenvalue weighted by Gasteiger charge is -2.38. The zero-order chi connectivity index (χ0) is 31.8. The van der Waals surface area contributed by atoms with Crippen LogP contribution in [0.15, 0.2) is 23.4 Å². The van der Waals surface area contributed by atoms with E-state index < -0.39 is 49.4 Å². The third kappa shape index (κ3) is 5.62. The highest BCUT2D eigenvalue weighted by atomic mass is 32.2. The van der Waals surface area contributed by atoms with Crippen molar-refractivity contribution in [3.05, 3.63) is 35.0 Å². The van der Waals surface area contributed by atoms with Crippen molar-refractivity contribution in [1.29, 1.82) is 0 Å². The molecule has 2 atom stereocenters. The molecule has 11 nitrogen and oxygen atoms in total. The molecule has 0 radical (unpaired) electrons. The van der Waals surface area contributed by atoms with Gasteiger partial charge in [-0.3, -0.25) is 4.57 Å². The highest BCUT2D eigenvalue weighted by molar-refractivity contribution is 7.89. The smallest absolute Gasteiger partial charge is 0.410 e. The first-order chi connectivity index (χ1) is 20.6. The molecule has 6 rings (SSSR count). The van der Waals surface area contributed by atoms with Crippen molar-refractivity contribution in [1.82, 2.24) is 34.4 Å². The second-order valence-corrected chi connectivity index (χ2v) is 15.4. The van der Waals surface area contributed by atoms with Gasteiger partial charge in [-0.2, -0.15) is 0 Å². The molecule has 1 unspecified atom stereocenters. The average Bonchev–Trinajstić information content (AvgIpc) is 3.30. The first-order valence-electron chi connectivity index (χ1n) is 14.2. The van der Waals surface area contributed by atoms with E-state index in [-0.39, 0.29) is 28.3 Å². The van der Waals surface area contributed by atoms with Crippen LogP contribution in [-0.2, 0) is 14.8 Å². The van der Waals surface area contributed by atoms with Crippen molar-refractivity contribution in [2.45, 2.75) is 94.7 Å². The summed E-state index contributed by atoms with van der Waals surface area (Å²) in [7, 11) is -4.26. The van der Waals surface area contributed by atoms with Gasteiger partial charge in [-0.15, -0.1) is 10.2 Å². The van der Waals surface area contributed by atoms with Crippen LogP contribution in [0.5, 0.6) is 0 Å². The molecule has 4 aromatic rings. The number of sulfonamides is 1. The number of ether oxygens (including phenoxy) is 1. The first kappa shape index (κ1) is 30.6. The number of nitrogens with one attached hydrogen (secondary N) is 1. The first-order valence-corrected chi connectivity index (χ1v) is 16.5. The van der Waals surface area contributed by atoms with Crippen molar-refractivity contribution in [2.75, 3.05) is 6.54 Å². The Kier molecular flexibility index (Phi) is 7.40. The van der Waals surface area contributed by atoms with E-state index in [9.17, 15) is 22.0 Å². The van der Waals surface area contributed by atoms with Crippen LogP contribution in [0.3, 0.4) is 0 Å². The van der Waals surface area contributed by atoms with Gasteiger partial charge in [0.2, 0.25) is 15.2 Å². The summed E-state index contributed by atoms with van der Waals surface area (Å²) in [5.41, 5.74) is -0.264. The summed E-state index contributed by atoms with van der Waals surface area (Å²) in [6.45, 7) is 9.44. The van der Waals surface area contributed by atoms with E-state index >= 15 is 4.39 Å². The lowest BCUT2D eigenvalue weighted by Crippen LogP contribution is -2.46. The largest absolute Gasteiger partial charge is 0.444 e. The van der Waals surface area contributed by atoms with Crippen molar-refractivity contribution < 1.29 is 31.1 Å². The minimum absolute atomic E-state index is 0.0233. The molecule has 4 heterocycles. The number of hydrogen-bond acceptors (Lipinski definition) is 9. The molecule has 1 aliphatic heterocycles. The maximum absolute atomic E-state index is 15.7. The highest BCUT2D eigenvalue weighted by Crippen LogP contribution is 2.42. The molecule has 1 amide bonds. The summed E-state index contributed by atoms with van der Waals surface area (Å²) in [4.78, 5) is 22.9. The summed E-state index contributed by atoms with van der Waals surface area (Å²) in [6, 6.07) is 2.10. The Morgan fingerprint density at radius 3 is 2.55 bits per heavy atom. The van der Waals surface area contributed by atoms with Gasteiger partial charge in [0.25, 0.3) is 6.43 Å². The van der Waals surface area contributed by atoms with Crippen LogP contribution in [0.25, 0.3) is 27.1 Å². The van der Waals surface area contributed by atoms with E-state index in [0.717, 1.165) is 6.07 Å². The molecule has 44 heavy (non-hydrogen) atoms. The van der Waals surface area contributed by atoms with E-state index in [1.165, 1.54) is 17.0 Å². The summed E-state index contributed by atoms with van der Waals surface area (Å²) in [5, 5.41) is 7.81. The third-order valence-electron chi connectivity index (χ3n) is 8.00. The lowest BCUT2D eigenvalue weighted by molar-refractivity contribution is 0.0103. The number of nitrogens with zero attached hydrogens (tertiary/aromatic N) is 6. The van der Waals surface area contributed by atoms with Gasteiger partial charge in [0.05, 0.1) is 11.2 Å². The fraction of sp³-hybridized carbons (Fsp3) is 0.536. The summed E-state index contributed by atoms with van der Waals surface area (Å²) >= 11 is 0.629. The van der Waals surface area contributed by atoms with Gasteiger partial charge < -0.3 is 9.64 Å². The number of carbonyl (C=O) groups excluding carboxylic acids is 1. The molecular weight excluding hydrogens is 619 g/mol. The Hall–Kier alpha value is -3.37. The monoisotopic (exact) mass is 651 g/mol. The number of rotatable bonds is 6. The average molecular weight is 652 g/mol. The van der Waals surface area contributed by atoms with Gasteiger partial charge in [-0.25, -0.2) is 41.1 Å². The number of amides is 1. The number of halogens is 3. The number of hydrogen-bond donors (Lipinski definition) is 1. The van der Waals surface area contributed by atoms with Gasteiger partial charge in [0.1, 0.15) is 22.6 Å². The SMILES string of the molecule is C[C@H]1CC(c2ncnc3c2c2cc(F)c(S(=O)(=O)NC4(C)CC4)cc2n3-c2nnc(C(F)F)s2)CCN1C(=O)OC(C)(C)C. The topological polar surface area (TPSA) is 132 Å². The zero-order valence-corrected chi connectivity index (χ0v) is 26.4. The quantitative estimate of drug-likeness (QED) is 0.275. The Labute approximate surface area is 255 Å². The number of benzene rings is 1. The number of alkyl halides is 2. The van der Waals surface area contributed by atoms with Gasteiger partial charge in [0.15, 0.2) is 10.7 Å². The maximum atomic E-state index is 15.7. The maximum Gasteiger partial charge on any atom is 0.410 e. The minimum atomic E-state index is -4.26. The van der Waals surface area contributed by atoms with Crippen LogP contribution in [0.4, 0.5) is 18.0 Å². The minimum Gasteiger partial charge on any atom is -0.444 e. The molecule has 1 N–H and O–H groups in total. The van der Waals surface area contributed by atoms with Crippen LogP contribution in [0, 0.1) is 5.82 Å². The Balaban J connectivity index is 1.49. The Morgan fingerprint density at radius 1 is 1.20 bits per heavy atom. The predicted octanol–water partition coefficient (Wildman–Crippen LogP) is 5.84. The van der Waals surface area contributed by atoms with Crippen molar-refractivity contribution in [2.24, 2.45) is 0 Å². The molecule has 236 valence electrons. The fourth-order valence-corrected chi connectivity index (χ4v) is 7.92. The van der Waals surface area contributed by atoms with Crippen LogP contribution < -0.4 is 4.72 Å². The summed E-state index contributed by atoms with van der Waals surface area (Å²) < 4.78 is 78.9. The summed E-state index contributed by atoms with van der Waals surface area (Å²) in [6.07, 6.45) is 0.342. The van der Waals surface area contributed by atoms with E-state index in [4.69, 9.17) is 4.74 Å². The molecule has 0 bridgehead atoms. The molecule has 1 saturated carbocycles. The second-order valence-electron chi connectivity index (χ2n) is 12.7. The highest BCUT2D eigenvalue weighted by Gasteiger charge is 2.42. The molecule has 1 saturated heterocycles. The van der Waals surface area contributed by atoms with E-state index in [0.29, 0.717) is 60.0 Å². The lowest BCUT2D eigenvalue weighted by atomic mass is 9.87. The third-order valence-corrected chi connectivity index (χ3v) is 10.6. The number of piperidine rings is 1. The molecular formula is C28H32F3N7O4S2. The molecule has 16 heteroatoms. The predicted molar refractivity (Wildman–Crippen MR) is 157 cm³/mol. The van der Waals surface area contributed by atoms with Gasteiger partial charge in [0, 0.05) is 34.8 Å². The van der Waals surface area contributed by atoms with Crippen LogP contribution in [0.2, 0.25) is 0 Å². The standard InChI is InChI=1S/C28H32F3N7O4S2/c1-14-10-15(6-9-37(14)26(39)42-27(2,3)4)21-20-16-11-17(29)19(44(40,41)36-28(5)7-8-28)12-18(16)38(23(20)33-13-32-21)25-35-34-24(43-25)22(30)31/h11-15,22,36H,6-10H2,1-5H3/t14-,15?/m0/s1. The number of carbonyl (C=O) groups is 1. The molecule has 1 aliphatic carbocycles. The normalized spacial score (nSPS) is 20.5. The second kappa shape index (κ2) is 10.6. The van der Waals surface area contributed by atoms with Gasteiger partial charge in [-0.1, -0.05) is 11.3 Å². The van der Waals surface area contributed by atoms with Crippen molar-refractivity contribution in [3.63, 3.8) is 0 Å². The van der Waals surface area contributed by atoms with Crippen molar-refractivity contribution >= 4 is 49.4 Å². The van der Waals surface area contributed by atoms with Crippen LogP contribution >= 0.6 is 11.3 Å². The number of fused-ring (bicyclic) bond motifs is 3. The van der Waals surface area contributed by atoms with Crippen LogP contribution in [0.1, 0.15) is 83.3 Å². The van der Waals surface area contributed by atoms with Crippen LogP contribution in [-0.4, -0.2) is 67.9 Å². The molecule has 0 spiro atoms. The van der Waals surface area contributed by atoms with Crippen molar-refractivity contribution in [3.8, 4) is 5.13 Å². The number of likely N-dealkylation sites (tertiary alicyclic amines) is 1. The molecule has 1 aromatic carbocycles. The Morgan fingerprint density at radius 2 is 1.93 bits per heavy atom. The fourth-order valence-electron chi connectivity index (χ4n) is 5.65. The van der Waals surface area contributed by atoms with E-state index in [1.54, 1.807) is 32.6 Å². The Bertz CT molecular complexity index is 1880. The van der Waals surface area contributed by atoms with E-state index in [1.807, 2.05) is 6.92 Å². The molecule has 2 fully saturated rings. The summed E-state index contributed by atoms with van der Waals surface area (Å²) in [5.74, 6) is -1.15. The van der Waals surface area contributed by atoms with Gasteiger partial charge in [-0.05, 0) is 72.4 Å². The zero-order valence-electron chi connectivity index (χ0n) is 24.8. The molecule has 3 aromatic heterocycles.